The lowest BCUT2D eigenvalue weighted by Crippen LogP contribution is -2.40. The predicted molar refractivity (Wildman–Crippen MR) is 71.2 cm³/mol. The van der Waals surface area contributed by atoms with Gasteiger partial charge in [0.1, 0.15) is 5.82 Å². The van der Waals surface area contributed by atoms with E-state index in [2.05, 4.69) is 23.7 Å². The first-order valence-electron chi connectivity index (χ1n) is 6.35. The largest absolute Gasteiger partial charge is 0.478 e. The van der Waals surface area contributed by atoms with E-state index in [1.165, 1.54) is 6.42 Å². The van der Waals surface area contributed by atoms with Crippen molar-refractivity contribution in [3.05, 3.63) is 23.4 Å². The lowest BCUT2D eigenvalue weighted by molar-refractivity contribution is 0.0695. The highest BCUT2D eigenvalue weighted by molar-refractivity contribution is 5.89. The minimum atomic E-state index is -0.912. The number of piperidine rings is 1. The van der Waals surface area contributed by atoms with Gasteiger partial charge in [-0.15, -0.1) is 0 Å². The predicted octanol–water partition coefficient (Wildman–Crippen LogP) is 2.71. The summed E-state index contributed by atoms with van der Waals surface area (Å²) in [6.07, 6.45) is 2.39. The summed E-state index contributed by atoms with van der Waals surface area (Å²) in [6.45, 7) is 8.26. The highest BCUT2D eigenvalue weighted by Gasteiger charge is 2.27. The van der Waals surface area contributed by atoms with Crippen molar-refractivity contribution in [3.63, 3.8) is 0 Å². The number of carboxylic acid groups (broad SMARTS) is 1. The van der Waals surface area contributed by atoms with Crippen LogP contribution in [0, 0.1) is 12.3 Å². The van der Waals surface area contributed by atoms with Crippen LogP contribution in [0.15, 0.2) is 12.1 Å². The molecule has 1 aromatic rings. The summed E-state index contributed by atoms with van der Waals surface area (Å²) in [6, 6.07) is 3.47. The van der Waals surface area contributed by atoms with Crippen molar-refractivity contribution in [2.24, 2.45) is 5.41 Å². The van der Waals surface area contributed by atoms with Crippen LogP contribution < -0.4 is 4.90 Å². The van der Waals surface area contributed by atoms with Crippen molar-refractivity contribution in [3.8, 4) is 0 Å². The first kappa shape index (κ1) is 12.9. The van der Waals surface area contributed by atoms with Crippen molar-refractivity contribution in [1.29, 1.82) is 0 Å². The molecule has 1 aromatic heterocycles. The van der Waals surface area contributed by atoms with Crippen LogP contribution in [0.5, 0.6) is 0 Å². The smallest absolute Gasteiger partial charge is 0.337 e. The average Bonchev–Trinajstić information content (AvgIpc) is 2.27. The Bertz CT molecular complexity index is 469. The first-order chi connectivity index (χ1) is 8.39. The molecule has 0 amide bonds. The number of aromatic nitrogens is 1. The Morgan fingerprint density at radius 1 is 1.44 bits per heavy atom. The van der Waals surface area contributed by atoms with Crippen LogP contribution in [0.25, 0.3) is 0 Å². The van der Waals surface area contributed by atoms with Crippen LogP contribution in [0.3, 0.4) is 0 Å². The Hall–Kier alpha value is -1.58. The van der Waals surface area contributed by atoms with Gasteiger partial charge in [0, 0.05) is 13.1 Å². The second kappa shape index (κ2) is 4.59. The second-order valence-corrected chi connectivity index (χ2v) is 5.80. The lowest BCUT2D eigenvalue weighted by Gasteiger charge is -2.38. The van der Waals surface area contributed by atoms with E-state index < -0.39 is 5.97 Å². The Balaban J connectivity index is 2.24. The average molecular weight is 248 g/mol. The van der Waals surface area contributed by atoms with Gasteiger partial charge in [-0.1, -0.05) is 13.8 Å². The number of aromatic carboxylic acids is 1. The zero-order valence-corrected chi connectivity index (χ0v) is 11.2. The summed E-state index contributed by atoms with van der Waals surface area (Å²) in [5, 5.41) is 9.00. The van der Waals surface area contributed by atoms with Gasteiger partial charge in [-0.05, 0) is 37.3 Å². The van der Waals surface area contributed by atoms with E-state index in [4.69, 9.17) is 5.11 Å². The first-order valence-corrected chi connectivity index (χ1v) is 6.35. The molecule has 4 nitrogen and oxygen atoms in total. The third-order valence-electron chi connectivity index (χ3n) is 3.53. The number of carbonyl (C=O) groups is 1. The molecule has 0 atom stereocenters. The number of rotatable bonds is 2. The molecule has 1 aliphatic rings. The molecule has 0 aromatic carbocycles. The lowest BCUT2D eigenvalue weighted by atomic mass is 9.84. The van der Waals surface area contributed by atoms with Gasteiger partial charge in [0.2, 0.25) is 0 Å². The number of hydrogen-bond donors (Lipinski definition) is 1. The molecular formula is C14H20N2O2. The Morgan fingerprint density at radius 2 is 2.17 bits per heavy atom. The van der Waals surface area contributed by atoms with E-state index in [1.54, 1.807) is 13.0 Å². The fraction of sp³-hybridized carbons (Fsp3) is 0.571. The van der Waals surface area contributed by atoms with Crippen LogP contribution in [0.2, 0.25) is 0 Å². The minimum absolute atomic E-state index is 0.287. The molecular weight excluding hydrogens is 228 g/mol. The van der Waals surface area contributed by atoms with Gasteiger partial charge in [-0.3, -0.25) is 0 Å². The zero-order valence-electron chi connectivity index (χ0n) is 11.2. The van der Waals surface area contributed by atoms with Crippen molar-refractivity contribution < 1.29 is 9.90 Å². The van der Waals surface area contributed by atoms with Gasteiger partial charge < -0.3 is 10.0 Å². The highest BCUT2D eigenvalue weighted by atomic mass is 16.4. The van der Waals surface area contributed by atoms with Gasteiger partial charge in [0.05, 0.1) is 11.3 Å². The molecule has 0 radical (unpaired) electrons. The SMILES string of the molecule is Cc1nc(N2CCCC(C)(C)C2)ccc1C(=O)O. The molecule has 0 bridgehead atoms. The highest BCUT2D eigenvalue weighted by Crippen LogP contribution is 2.31. The molecule has 1 aliphatic heterocycles. The topological polar surface area (TPSA) is 53.4 Å². The van der Waals surface area contributed by atoms with Crippen molar-refractivity contribution >= 4 is 11.8 Å². The third kappa shape index (κ3) is 2.63. The minimum Gasteiger partial charge on any atom is -0.478 e. The summed E-state index contributed by atoms with van der Waals surface area (Å²) in [7, 11) is 0. The van der Waals surface area contributed by atoms with E-state index in [-0.39, 0.29) is 5.56 Å². The van der Waals surface area contributed by atoms with Crippen LogP contribution >= 0.6 is 0 Å². The maximum Gasteiger partial charge on any atom is 0.337 e. The van der Waals surface area contributed by atoms with Crippen LogP contribution in [0.4, 0.5) is 5.82 Å². The summed E-state index contributed by atoms with van der Waals surface area (Å²) in [5.41, 5.74) is 1.18. The summed E-state index contributed by atoms with van der Waals surface area (Å²) >= 11 is 0. The number of nitrogens with zero attached hydrogens (tertiary/aromatic N) is 2. The molecule has 0 spiro atoms. The van der Waals surface area contributed by atoms with Crippen LogP contribution in [-0.4, -0.2) is 29.1 Å². The van der Waals surface area contributed by atoms with E-state index in [1.807, 2.05) is 6.07 Å². The Morgan fingerprint density at radius 3 is 2.72 bits per heavy atom. The fourth-order valence-corrected chi connectivity index (χ4v) is 2.57. The number of anilines is 1. The molecule has 0 aliphatic carbocycles. The molecule has 2 heterocycles. The number of pyridine rings is 1. The van der Waals surface area contributed by atoms with Crippen LogP contribution in [0.1, 0.15) is 42.7 Å². The standard InChI is InChI=1S/C14H20N2O2/c1-10-11(13(17)18)5-6-12(15-10)16-8-4-7-14(2,3)9-16/h5-6H,4,7-9H2,1-3H3,(H,17,18). The quantitative estimate of drug-likeness (QED) is 0.874. The van der Waals surface area contributed by atoms with Gasteiger partial charge in [-0.25, -0.2) is 9.78 Å². The van der Waals surface area contributed by atoms with Gasteiger partial charge in [-0.2, -0.15) is 0 Å². The maximum atomic E-state index is 11.0. The van der Waals surface area contributed by atoms with E-state index in [0.717, 1.165) is 25.3 Å². The molecule has 1 saturated heterocycles. The van der Waals surface area contributed by atoms with E-state index in [9.17, 15) is 4.79 Å². The molecule has 18 heavy (non-hydrogen) atoms. The normalized spacial score (nSPS) is 18.7. The van der Waals surface area contributed by atoms with Crippen LogP contribution in [-0.2, 0) is 0 Å². The number of aryl methyl sites for hydroxylation is 1. The Kier molecular flexibility index (Phi) is 3.28. The zero-order chi connectivity index (χ0) is 13.3. The number of carboxylic acids is 1. The van der Waals surface area contributed by atoms with Gasteiger partial charge in [0.15, 0.2) is 0 Å². The molecule has 2 rings (SSSR count). The molecule has 0 unspecified atom stereocenters. The molecule has 98 valence electrons. The Labute approximate surface area is 108 Å². The summed E-state index contributed by atoms with van der Waals surface area (Å²) in [5.74, 6) is -0.0178. The number of hydrogen-bond acceptors (Lipinski definition) is 3. The molecule has 1 fully saturated rings. The van der Waals surface area contributed by atoms with Crippen molar-refractivity contribution in [1.82, 2.24) is 4.98 Å². The maximum absolute atomic E-state index is 11.0. The summed E-state index contributed by atoms with van der Waals surface area (Å²) in [4.78, 5) is 17.6. The summed E-state index contributed by atoms with van der Waals surface area (Å²) < 4.78 is 0. The second-order valence-electron chi connectivity index (χ2n) is 5.80. The fourth-order valence-electron chi connectivity index (χ4n) is 2.57. The van der Waals surface area contributed by atoms with E-state index in [0.29, 0.717) is 11.1 Å². The van der Waals surface area contributed by atoms with Crippen molar-refractivity contribution in [2.75, 3.05) is 18.0 Å². The van der Waals surface area contributed by atoms with Gasteiger partial charge in [0.25, 0.3) is 0 Å². The van der Waals surface area contributed by atoms with E-state index >= 15 is 0 Å². The molecule has 0 saturated carbocycles. The third-order valence-corrected chi connectivity index (χ3v) is 3.53. The van der Waals surface area contributed by atoms with Gasteiger partial charge >= 0.3 is 5.97 Å². The van der Waals surface area contributed by atoms with Crippen molar-refractivity contribution in [2.45, 2.75) is 33.6 Å². The molecule has 1 N–H and O–H groups in total. The monoisotopic (exact) mass is 248 g/mol. The molecule has 4 heteroatoms.